The van der Waals surface area contributed by atoms with E-state index in [1.54, 1.807) is 19.1 Å². The van der Waals surface area contributed by atoms with Crippen LogP contribution in [0.4, 0.5) is 5.69 Å². The van der Waals surface area contributed by atoms with Crippen molar-refractivity contribution >= 4 is 17.6 Å². The normalized spacial score (nSPS) is 14.8. The number of hydrogen-bond acceptors (Lipinski definition) is 6. The number of carbonyl (C=O) groups excluding carboxylic acids is 2. The van der Waals surface area contributed by atoms with Crippen molar-refractivity contribution in [3.8, 4) is 11.5 Å². The van der Waals surface area contributed by atoms with Crippen LogP contribution in [0.25, 0.3) is 0 Å². The lowest BCUT2D eigenvalue weighted by atomic mass is 9.97. The van der Waals surface area contributed by atoms with Gasteiger partial charge in [0.25, 0.3) is 0 Å². The summed E-state index contributed by atoms with van der Waals surface area (Å²) in [4.78, 5) is 27.8. The van der Waals surface area contributed by atoms with Crippen molar-refractivity contribution < 1.29 is 23.8 Å². The fourth-order valence-corrected chi connectivity index (χ4v) is 2.99. The summed E-state index contributed by atoms with van der Waals surface area (Å²) in [5.74, 6) is 1.03. The molecule has 1 fully saturated rings. The van der Waals surface area contributed by atoms with E-state index in [0.717, 1.165) is 5.69 Å². The minimum Gasteiger partial charge on any atom is -0.493 e. The number of anilines is 1. The van der Waals surface area contributed by atoms with E-state index in [4.69, 9.17) is 14.2 Å². The minimum atomic E-state index is -0.186. The molecule has 1 saturated heterocycles. The molecule has 1 amide bonds. The van der Waals surface area contributed by atoms with Crippen LogP contribution in [0, 0.1) is 5.92 Å². The maximum Gasteiger partial charge on any atom is 0.308 e. The number of methoxy groups -OCH3 is 3. The zero-order valence-electron chi connectivity index (χ0n) is 15.3. The van der Waals surface area contributed by atoms with Gasteiger partial charge in [-0.25, -0.2) is 0 Å². The molecule has 1 heterocycles. The molecular formula is C18H26N2O5. The van der Waals surface area contributed by atoms with E-state index in [9.17, 15) is 9.59 Å². The van der Waals surface area contributed by atoms with E-state index in [1.807, 2.05) is 30.1 Å². The van der Waals surface area contributed by atoms with Crippen LogP contribution in [-0.2, 0) is 14.3 Å². The van der Waals surface area contributed by atoms with Gasteiger partial charge in [-0.05, 0) is 25.0 Å². The lowest BCUT2D eigenvalue weighted by molar-refractivity contribution is -0.148. The van der Waals surface area contributed by atoms with Crippen molar-refractivity contribution in [3.05, 3.63) is 18.2 Å². The second-order valence-electron chi connectivity index (χ2n) is 6.07. The van der Waals surface area contributed by atoms with Crippen molar-refractivity contribution in [1.82, 2.24) is 4.90 Å². The Labute approximate surface area is 148 Å². The first-order chi connectivity index (χ1) is 12.0. The van der Waals surface area contributed by atoms with E-state index in [0.29, 0.717) is 37.4 Å². The topological polar surface area (TPSA) is 68.3 Å². The number of esters is 1. The molecule has 0 N–H and O–H groups in total. The summed E-state index contributed by atoms with van der Waals surface area (Å²) in [6.07, 6.45) is 1.30. The van der Waals surface area contributed by atoms with Crippen LogP contribution in [0.15, 0.2) is 18.2 Å². The van der Waals surface area contributed by atoms with Gasteiger partial charge in [-0.1, -0.05) is 0 Å². The Hall–Kier alpha value is -2.44. The largest absolute Gasteiger partial charge is 0.493 e. The Balaban J connectivity index is 1.93. The molecule has 25 heavy (non-hydrogen) atoms. The van der Waals surface area contributed by atoms with Gasteiger partial charge in [-0.3, -0.25) is 9.59 Å². The molecule has 1 aromatic carbocycles. The number of rotatable bonds is 6. The molecule has 0 saturated carbocycles. The number of carbonyl (C=O) groups is 2. The van der Waals surface area contributed by atoms with Gasteiger partial charge in [0.15, 0.2) is 11.5 Å². The maximum absolute atomic E-state index is 12.5. The number of benzene rings is 1. The Kier molecular flexibility index (Phi) is 6.50. The summed E-state index contributed by atoms with van der Waals surface area (Å²) >= 11 is 0. The predicted molar refractivity (Wildman–Crippen MR) is 94.1 cm³/mol. The number of ether oxygens (including phenoxy) is 3. The molecule has 0 unspecified atom stereocenters. The van der Waals surface area contributed by atoms with Crippen molar-refractivity contribution in [2.45, 2.75) is 12.8 Å². The Bertz CT molecular complexity index is 611. The van der Waals surface area contributed by atoms with Crippen molar-refractivity contribution in [3.63, 3.8) is 0 Å². The predicted octanol–water partition coefficient (Wildman–Crippen LogP) is 1.55. The molecule has 0 aromatic heterocycles. The molecule has 7 nitrogen and oxygen atoms in total. The first-order valence-electron chi connectivity index (χ1n) is 8.29. The van der Waals surface area contributed by atoms with Gasteiger partial charge >= 0.3 is 5.97 Å². The fraction of sp³-hybridized carbons (Fsp3) is 0.556. The maximum atomic E-state index is 12.5. The van der Waals surface area contributed by atoms with Gasteiger partial charge in [-0.15, -0.1) is 0 Å². The van der Waals surface area contributed by atoms with E-state index in [-0.39, 0.29) is 24.3 Å². The highest BCUT2D eigenvalue weighted by atomic mass is 16.5. The van der Waals surface area contributed by atoms with Gasteiger partial charge in [-0.2, -0.15) is 0 Å². The third kappa shape index (κ3) is 4.55. The van der Waals surface area contributed by atoms with Gasteiger partial charge in [0.05, 0.1) is 33.8 Å². The Morgan fingerprint density at radius 3 is 2.32 bits per heavy atom. The summed E-state index contributed by atoms with van der Waals surface area (Å²) in [5.41, 5.74) is 0.871. The van der Waals surface area contributed by atoms with Gasteiger partial charge in [0.2, 0.25) is 5.91 Å². The molecule has 138 valence electrons. The second kappa shape index (κ2) is 8.60. The highest BCUT2D eigenvalue weighted by Crippen LogP contribution is 2.31. The highest BCUT2D eigenvalue weighted by molar-refractivity contribution is 5.82. The average Bonchev–Trinajstić information content (AvgIpc) is 2.66. The van der Waals surface area contributed by atoms with Crippen molar-refractivity contribution in [2.75, 3.05) is 52.9 Å². The SMILES string of the molecule is COC(=O)C1CCN(C(=O)CN(C)c2ccc(OC)c(OC)c2)CC1. The number of piperidine rings is 1. The Morgan fingerprint density at radius 1 is 1.12 bits per heavy atom. The Morgan fingerprint density at radius 2 is 1.76 bits per heavy atom. The van der Waals surface area contributed by atoms with Crippen LogP contribution in [0.3, 0.4) is 0 Å². The molecule has 0 bridgehead atoms. The lowest BCUT2D eigenvalue weighted by Gasteiger charge is -2.32. The number of likely N-dealkylation sites (N-methyl/N-ethyl adjacent to an activating group) is 1. The zero-order valence-corrected chi connectivity index (χ0v) is 15.3. The van der Waals surface area contributed by atoms with Crippen LogP contribution in [0.2, 0.25) is 0 Å². The van der Waals surface area contributed by atoms with Crippen molar-refractivity contribution in [2.24, 2.45) is 5.92 Å². The second-order valence-corrected chi connectivity index (χ2v) is 6.07. The van der Waals surface area contributed by atoms with E-state index in [1.165, 1.54) is 7.11 Å². The monoisotopic (exact) mass is 350 g/mol. The molecule has 7 heteroatoms. The molecule has 1 aliphatic rings. The quantitative estimate of drug-likeness (QED) is 0.725. The van der Waals surface area contributed by atoms with Crippen molar-refractivity contribution in [1.29, 1.82) is 0 Å². The smallest absolute Gasteiger partial charge is 0.308 e. The first-order valence-corrected chi connectivity index (χ1v) is 8.29. The number of hydrogen-bond donors (Lipinski definition) is 0. The van der Waals surface area contributed by atoms with Gasteiger partial charge in [0.1, 0.15) is 0 Å². The summed E-state index contributed by atoms with van der Waals surface area (Å²) in [6.45, 7) is 1.43. The molecule has 1 aliphatic heterocycles. The van der Waals surface area contributed by atoms with E-state index in [2.05, 4.69) is 0 Å². The number of amides is 1. The lowest BCUT2D eigenvalue weighted by Crippen LogP contribution is -2.44. The van der Waals surface area contributed by atoms with Crippen LogP contribution in [-0.4, -0.2) is 64.8 Å². The third-order valence-electron chi connectivity index (χ3n) is 4.56. The third-order valence-corrected chi connectivity index (χ3v) is 4.56. The van der Waals surface area contributed by atoms with E-state index >= 15 is 0 Å². The van der Waals surface area contributed by atoms with Crippen LogP contribution < -0.4 is 14.4 Å². The highest BCUT2D eigenvalue weighted by Gasteiger charge is 2.28. The summed E-state index contributed by atoms with van der Waals surface area (Å²) in [6, 6.07) is 5.55. The fourth-order valence-electron chi connectivity index (χ4n) is 2.99. The molecule has 0 atom stereocenters. The van der Waals surface area contributed by atoms with E-state index < -0.39 is 0 Å². The van der Waals surface area contributed by atoms with Crippen LogP contribution in [0.5, 0.6) is 11.5 Å². The average molecular weight is 350 g/mol. The van der Waals surface area contributed by atoms with Gasteiger partial charge in [0, 0.05) is 31.9 Å². The molecule has 0 aliphatic carbocycles. The minimum absolute atomic E-state index is 0.0422. The standard InChI is InChI=1S/C18H26N2O5/c1-19(14-5-6-15(23-2)16(11-14)24-3)12-17(21)20-9-7-13(8-10-20)18(22)25-4/h5-6,11,13H,7-10,12H2,1-4H3. The van der Waals surface area contributed by atoms with Gasteiger partial charge < -0.3 is 24.0 Å². The summed E-state index contributed by atoms with van der Waals surface area (Å²) in [5, 5.41) is 0. The van der Waals surface area contributed by atoms with Crippen LogP contribution in [0.1, 0.15) is 12.8 Å². The molecule has 2 rings (SSSR count). The molecule has 1 aromatic rings. The number of likely N-dealkylation sites (tertiary alicyclic amines) is 1. The first kappa shape index (κ1) is 18.9. The zero-order chi connectivity index (χ0) is 18.4. The molecule has 0 spiro atoms. The number of nitrogens with zero attached hydrogens (tertiary/aromatic N) is 2. The molecule has 0 radical (unpaired) electrons. The molecular weight excluding hydrogens is 324 g/mol. The summed E-state index contributed by atoms with van der Waals surface area (Å²) in [7, 11) is 6.43. The van der Waals surface area contributed by atoms with Crippen LogP contribution >= 0.6 is 0 Å². The summed E-state index contributed by atoms with van der Waals surface area (Å²) < 4.78 is 15.3.